The van der Waals surface area contributed by atoms with Crippen LogP contribution in [0.4, 0.5) is 11.6 Å². The summed E-state index contributed by atoms with van der Waals surface area (Å²) in [4.78, 5) is 22.2. The minimum atomic E-state index is -0.0497. The molecular formula is C12H22N6O. The molecule has 0 radical (unpaired) electrons. The van der Waals surface area contributed by atoms with Gasteiger partial charge in [-0.05, 0) is 20.3 Å². The maximum Gasteiger partial charge on any atom is 0.239 e. The third-order valence-corrected chi connectivity index (χ3v) is 2.78. The van der Waals surface area contributed by atoms with Gasteiger partial charge in [0.05, 0.1) is 6.54 Å². The highest BCUT2D eigenvalue weighted by Gasteiger charge is 2.17. The normalized spacial score (nSPS) is 10.2. The summed E-state index contributed by atoms with van der Waals surface area (Å²) < 4.78 is 0. The zero-order valence-electron chi connectivity index (χ0n) is 11.9. The lowest BCUT2D eigenvalue weighted by Gasteiger charge is -2.25. The first-order chi connectivity index (χ1) is 9.03. The second-order valence-electron chi connectivity index (χ2n) is 4.31. The fourth-order valence-corrected chi connectivity index (χ4v) is 1.84. The van der Waals surface area contributed by atoms with Crippen LogP contribution < -0.4 is 21.5 Å². The molecule has 7 heteroatoms. The Bertz CT molecular complexity index is 448. The Morgan fingerprint density at radius 3 is 2.58 bits per heavy atom. The SMILES string of the molecule is CCCN(CC(=O)NC)c1nc(C)nc(NN)c1C. The van der Waals surface area contributed by atoms with Crippen LogP contribution in [-0.4, -0.2) is 36.0 Å². The van der Waals surface area contributed by atoms with E-state index in [1.54, 1.807) is 14.0 Å². The quantitative estimate of drug-likeness (QED) is 0.507. The number of nitrogens with two attached hydrogens (primary N) is 1. The van der Waals surface area contributed by atoms with Gasteiger partial charge in [-0.25, -0.2) is 15.8 Å². The van der Waals surface area contributed by atoms with Gasteiger partial charge in [-0.15, -0.1) is 0 Å². The molecule has 1 amide bonds. The van der Waals surface area contributed by atoms with Crippen molar-refractivity contribution >= 4 is 17.5 Å². The Labute approximate surface area is 113 Å². The number of amides is 1. The van der Waals surface area contributed by atoms with E-state index in [0.29, 0.717) is 11.6 Å². The lowest BCUT2D eigenvalue weighted by atomic mass is 10.2. The van der Waals surface area contributed by atoms with Crippen molar-refractivity contribution in [3.8, 4) is 0 Å². The topological polar surface area (TPSA) is 96.2 Å². The largest absolute Gasteiger partial charge is 0.358 e. The van der Waals surface area contributed by atoms with Crippen LogP contribution in [0.15, 0.2) is 0 Å². The molecule has 0 aliphatic heterocycles. The van der Waals surface area contributed by atoms with Crippen LogP contribution in [0.2, 0.25) is 0 Å². The number of hydrogen-bond acceptors (Lipinski definition) is 6. The van der Waals surface area contributed by atoms with E-state index in [4.69, 9.17) is 5.84 Å². The monoisotopic (exact) mass is 266 g/mol. The highest BCUT2D eigenvalue weighted by Crippen LogP contribution is 2.22. The smallest absolute Gasteiger partial charge is 0.239 e. The predicted molar refractivity (Wildman–Crippen MR) is 75.9 cm³/mol. The van der Waals surface area contributed by atoms with Crippen LogP contribution >= 0.6 is 0 Å². The molecular weight excluding hydrogens is 244 g/mol. The van der Waals surface area contributed by atoms with Gasteiger partial charge in [0.15, 0.2) is 0 Å². The van der Waals surface area contributed by atoms with E-state index in [1.807, 2.05) is 11.8 Å². The van der Waals surface area contributed by atoms with Crippen LogP contribution in [0, 0.1) is 13.8 Å². The Balaban J connectivity index is 3.14. The van der Waals surface area contributed by atoms with E-state index in [-0.39, 0.29) is 12.5 Å². The molecule has 1 aromatic rings. The zero-order valence-corrected chi connectivity index (χ0v) is 11.9. The number of aryl methyl sites for hydroxylation is 1. The lowest BCUT2D eigenvalue weighted by Crippen LogP contribution is -2.37. The van der Waals surface area contributed by atoms with Crippen LogP contribution in [-0.2, 0) is 4.79 Å². The fraction of sp³-hybridized carbons (Fsp3) is 0.583. The lowest BCUT2D eigenvalue weighted by molar-refractivity contribution is -0.119. The average molecular weight is 266 g/mol. The Morgan fingerprint density at radius 2 is 2.05 bits per heavy atom. The predicted octanol–water partition coefficient (Wildman–Crippen LogP) is 0.341. The summed E-state index contributed by atoms with van der Waals surface area (Å²) in [6.07, 6.45) is 0.921. The molecule has 1 heterocycles. The van der Waals surface area contributed by atoms with Crippen LogP contribution in [0.25, 0.3) is 0 Å². The van der Waals surface area contributed by atoms with Crippen LogP contribution in [0.5, 0.6) is 0 Å². The molecule has 106 valence electrons. The van der Waals surface area contributed by atoms with Gasteiger partial charge in [0.1, 0.15) is 17.5 Å². The van der Waals surface area contributed by atoms with Gasteiger partial charge < -0.3 is 15.6 Å². The van der Waals surface area contributed by atoms with E-state index in [2.05, 4.69) is 27.6 Å². The van der Waals surface area contributed by atoms with Gasteiger partial charge in [-0.3, -0.25) is 4.79 Å². The van der Waals surface area contributed by atoms with Crippen molar-refractivity contribution in [3.05, 3.63) is 11.4 Å². The van der Waals surface area contributed by atoms with E-state index in [9.17, 15) is 4.79 Å². The number of nitrogens with one attached hydrogen (secondary N) is 2. The van der Waals surface area contributed by atoms with E-state index < -0.39 is 0 Å². The molecule has 0 atom stereocenters. The van der Waals surface area contributed by atoms with Gasteiger partial charge in [0.2, 0.25) is 5.91 Å². The van der Waals surface area contributed by atoms with Crippen molar-refractivity contribution in [3.63, 3.8) is 0 Å². The molecule has 0 unspecified atom stereocenters. The summed E-state index contributed by atoms with van der Waals surface area (Å²) >= 11 is 0. The highest BCUT2D eigenvalue weighted by molar-refractivity contribution is 5.81. The summed E-state index contributed by atoms with van der Waals surface area (Å²) in [6.45, 7) is 6.76. The summed E-state index contributed by atoms with van der Waals surface area (Å²) in [5.41, 5.74) is 3.40. The maximum absolute atomic E-state index is 11.6. The Morgan fingerprint density at radius 1 is 1.37 bits per heavy atom. The maximum atomic E-state index is 11.6. The summed E-state index contributed by atoms with van der Waals surface area (Å²) in [6, 6.07) is 0. The molecule has 1 rings (SSSR count). The number of hydrazine groups is 1. The molecule has 0 fully saturated rings. The molecule has 4 N–H and O–H groups in total. The van der Waals surface area contributed by atoms with Crippen molar-refractivity contribution in [2.45, 2.75) is 27.2 Å². The number of nitrogen functional groups attached to an aromatic ring is 1. The number of aromatic nitrogens is 2. The first kappa shape index (κ1) is 15.2. The third-order valence-electron chi connectivity index (χ3n) is 2.78. The second kappa shape index (κ2) is 6.89. The van der Waals surface area contributed by atoms with E-state index in [0.717, 1.165) is 24.3 Å². The van der Waals surface area contributed by atoms with Crippen molar-refractivity contribution < 1.29 is 4.79 Å². The third kappa shape index (κ3) is 3.78. The molecule has 0 spiro atoms. The van der Waals surface area contributed by atoms with Crippen molar-refractivity contribution in [2.24, 2.45) is 5.84 Å². The Kier molecular flexibility index (Phi) is 5.50. The number of nitrogens with zero attached hydrogens (tertiary/aromatic N) is 3. The summed E-state index contributed by atoms with van der Waals surface area (Å²) in [5, 5.41) is 2.62. The van der Waals surface area contributed by atoms with Gasteiger partial charge in [0, 0.05) is 19.2 Å². The second-order valence-corrected chi connectivity index (χ2v) is 4.31. The molecule has 0 aliphatic carbocycles. The minimum absolute atomic E-state index is 0.0497. The molecule has 1 aromatic heterocycles. The first-order valence-corrected chi connectivity index (χ1v) is 6.30. The van der Waals surface area contributed by atoms with E-state index >= 15 is 0 Å². The summed E-state index contributed by atoms with van der Waals surface area (Å²) in [5.74, 6) is 7.34. The van der Waals surface area contributed by atoms with Crippen LogP contribution in [0.1, 0.15) is 24.7 Å². The number of likely N-dealkylation sites (N-methyl/N-ethyl adjacent to an activating group) is 1. The van der Waals surface area contributed by atoms with Gasteiger partial charge in [-0.1, -0.05) is 6.92 Å². The number of carbonyl (C=O) groups excluding carboxylic acids is 1. The molecule has 0 bridgehead atoms. The molecule has 0 aliphatic rings. The molecule has 19 heavy (non-hydrogen) atoms. The number of carbonyl (C=O) groups is 1. The van der Waals surface area contributed by atoms with Gasteiger partial charge in [-0.2, -0.15) is 0 Å². The molecule has 0 aromatic carbocycles. The summed E-state index contributed by atoms with van der Waals surface area (Å²) in [7, 11) is 1.62. The van der Waals surface area contributed by atoms with Crippen LogP contribution in [0.3, 0.4) is 0 Å². The van der Waals surface area contributed by atoms with Crippen molar-refractivity contribution in [1.82, 2.24) is 15.3 Å². The standard InChI is InChI=1S/C12H22N6O/c1-5-6-18(7-10(19)14-4)12-8(2)11(17-13)15-9(3)16-12/h5-7,13H2,1-4H3,(H,14,19)(H,15,16,17). The first-order valence-electron chi connectivity index (χ1n) is 6.30. The Hall–Kier alpha value is -1.89. The minimum Gasteiger partial charge on any atom is -0.358 e. The highest BCUT2D eigenvalue weighted by atomic mass is 16.1. The molecule has 0 saturated carbocycles. The van der Waals surface area contributed by atoms with Crippen molar-refractivity contribution in [1.29, 1.82) is 0 Å². The average Bonchev–Trinajstić information content (AvgIpc) is 2.40. The van der Waals surface area contributed by atoms with E-state index in [1.165, 1.54) is 0 Å². The number of hydrogen-bond donors (Lipinski definition) is 3. The fourth-order valence-electron chi connectivity index (χ4n) is 1.84. The van der Waals surface area contributed by atoms with Crippen molar-refractivity contribution in [2.75, 3.05) is 30.5 Å². The van der Waals surface area contributed by atoms with Gasteiger partial charge in [0.25, 0.3) is 0 Å². The molecule has 0 saturated heterocycles. The van der Waals surface area contributed by atoms with Gasteiger partial charge >= 0.3 is 0 Å². The number of rotatable bonds is 6. The zero-order chi connectivity index (χ0) is 14.4. The number of anilines is 2. The molecule has 7 nitrogen and oxygen atoms in total.